The van der Waals surface area contributed by atoms with Gasteiger partial charge < -0.3 is 4.42 Å². The quantitative estimate of drug-likeness (QED) is 0.677. The fraction of sp³-hybridized carbons (Fsp3) is 0.417. The lowest BCUT2D eigenvalue weighted by Crippen LogP contribution is -2.18. The molecule has 2 aromatic rings. The third-order valence-electron chi connectivity index (χ3n) is 3.04. The van der Waals surface area contributed by atoms with Crippen LogP contribution in [-0.2, 0) is 11.8 Å². The van der Waals surface area contributed by atoms with E-state index in [0.717, 1.165) is 24.2 Å². The van der Waals surface area contributed by atoms with Gasteiger partial charge in [0.2, 0.25) is 5.89 Å². The minimum absolute atomic E-state index is 0.0837. The molecule has 3 rings (SSSR count). The van der Waals surface area contributed by atoms with Gasteiger partial charge in [0.1, 0.15) is 5.69 Å². The highest BCUT2D eigenvalue weighted by atomic mass is 16.4. The number of hydrogen-bond acceptors (Lipinski definition) is 4. The van der Waals surface area contributed by atoms with Gasteiger partial charge in [0.05, 0.1) is 0 Å². The number of aryl methyl sites for hydroxylation is 1. The zero-order valence-electron chi connectivity index (χ0n) is 9.40. The molecule has 4 nitrogen and oxygen atoms in total. The molecule has 82 valence electrons. The van der Waals surface area contributed by atoms with Gasteiger partial charge in [-0.25, -0.2) is 4.98 Å². The second-order valence-corrected chi connectivity index (χ2v) is 4.81. The van der Waals surface area contributed by atoms with Crippen LogP contribution in [0.15, 0.2) is 22.6 Å². The lowest BCUT2D eigenvalue weighted by atomic mass is 9.87. The molecule has 0 atom stereocenters. The molecule has 0 spiro atoms. The molecule has 0 saturated carbocycles. The third-order valence-corrected chi connectivity index (χ3v) is 3.04. The first kappa shape index (κ1) is 9.51. The molecule has 1 aliphatic heterocycles. The van der Waals surface area contributed by atoms with Gasteiger partial charge in [-0.05, 0) is 25.0 Å². The Hall–Kier alpha value is -1.71. The second kappa shape index (κ2) is 3.14. The van der Waals surface area contributed by atoms with Crippen molar-refractivity contribution in [1.82, 2.24) is 15.2 Å². The summed E-state index contributed by atoms with van der Waals surface area (Å²) < 4.78 is 5.67. The van der Waals surface area contributed by atoms with E-state index in [2.05, 4.69) is 29.0 Å². The monoisotopic (exact) mass is 215 g/mol. The van der Waals surface area contributed by atoms with Crippen molar-refractivity contribution in [2.75, 3.05) is 0 Å². The fourth-order valence-electron chi connectivity index (χ4n) is 1.89. The maximum atomic E-state index is 5.67. The summed E-state index contributed by atoms with van der Waals surface area (Å²) in [6.07, 6.45) is 1.90. The Bertz CT molecular complexity index is 531. The maximum Gasteiger partial charge on any atom is 0.266 e. The largest absolute Gasteiger partial charge is 0.419 e. The first-order chi connectivity index (χ1) is 7.65. The average molecular weight is 215 g/mol. The summed E-state index contributed by atoms with van der Waals surface area (Å²) in [6.45, 7) is 4.25. The normalized spacial score (nSPS) is 17.4. The highest BCUT2D eigenvalue weighted by Crippen LogP contribution is 2.31. The van der Waals surface area contributed by atoms with Crippen LogP contribution in [0.5, 0.6) is 0 Å². The van der Waals surface area contributed by atoms with Crippen molar-refractivity contribution in [3.63, 3.8) is 0 Å². The number of fused-ring (bicyclic) bond motifs is 5. The van der Waals surface area contributed by atoms with Crippen LogP contribution in [0.4, 0.5) is 0 Å². The number of pyridine rings is 1. The van der Waals surface area contributed by atoms with Crippen LogP contribution in [0, 0.1) is 0 Å². The molecule has 0 amide bonds. The number of hydrogen-bond donors (Lipinski definition) is 0. The predicted molar refractivity (Wildman–Crippen MR) is 58.9 cm³/mol. The second-order valence-electron chi connectivity index (χ2n) is 4.81. The molecule has 0 saturated heterocycles. The Morgan fingerprint density at radius 1 is 1.25 bits per heavy atom. The molecule has 0 aromatic carbocycles. The molecule has 1 aliphatic rings. The van der Waals surface area contributed by atoms with Gasteiger partial charge in [0, 0.05) is 11.1 Å². The summed E-state index contributed by atoms with van der Waals surface area (Å²) in [7, 11) is 0. The Morgan fingerprint density at radius 3 is 3.00 bits per heavy atom. The Balaban J connectivity index is 2.21. The zero-order chi connectivity index (χ0) is 11.2. The fourth-order valence-corrected chi connectivity index (χ4v) is 1.89. The van der Waals surface area contributed by atoms with Crippen molar-refractivity contribution in [2.45, 2.75) is 32.1 Å². The molecule has 0 radical (unpaired) electrons. The summed E-state index contributed by atoms with van der Waals surface area (Å²) >= 11 is 0. The van der Waals surface area contributed by atoms with Crippen LogP contribution in [0.25, 0.3) is 11.6 Å². The van der Waals surface area contributed by atoms with Crippen LogP contribution < -0.4 is 0 Å². The lowest BCUT2D eigenvalue weighted by molar-refractivity contribution is 0.355. The molecule has 2 aromatic heterocycles. The summed E-state index contributed by atoms with van der Waals surface area (Å²) in [5.41, 5.74) is 1.78. The van der Waals surface area contributed by atoms with E-state index >= 15 is 0 Å². The van der Waals surface area contributed by atoms with Crippen LogP contribution >= 0.6 is 0 Å². The molecular formula is C12H13N3O. The van der Waals surface area contributed by atoms with E-state index in [1.807, 2.05) is 18.2 Å². The van der Waals surface area contributed by atoms with E-state index in [0.29, 0.717) is 11.8 Å². The summed E-state index contributed by atoms with van der Waals surface area (Å²) in [5.74, 6) is 1.22. The van der Waals surface area contributed by atoms with Crippen molar-refractivity contribution in [2.24, 2.45) is 0 Å². The average Bonchev–Trinajstić information content (AvgIpc) is 2.76. The van der Waals surface area contributed by atoms with E-state index in [1.165, 1.54) is 0 Å². The highest BCUT2D eigenvalue weighted by Gasteiger charge is 2.29. The highest BCUT2D eigenvalue weighted by molar-refractivity contribution is 5.46. The van der Waals surface area contributed by atoms with Crippen molar-refractivity contribution < 1.29 is 4.42 Å². The van der Waals surface area contributed by atoms with Gasteiger partial charge in [-0.1, -0.05) is 19.9 Å². The van der Waals surface area contributed by atoms with Crippen molar-refractivity contribution in [1.29, 1.82) is 0 Å². The van der Waals surface area contributed by atoms with Crippen LogP contribution in [-0.4, -0.2) is 15.2 Å². The van der Waals surface area contributed by atoms with E-state index in [9.17, 15) is 0 Å². The predicted octanol–water partition coefficient (Wildman–Crippen LogP) is 2.36. The van der Waals surface area contributed by atoms with Gasteiger partial charge in [-0.15, -0.1) is 10.2 Å². The summed E-state index contributed by atoms with van der Waals surface area (Å²) in [5, 5.41) is 8.16. The van der Waals surface area contributed by atoms with Crippen LogP contribution in [0.2, 0.25) is 0 Å². The lowest BCUT2D eigenvalue weighted by Gasteiger charge is -2.18. The maximum absolute atomic E-state index is 5.67. The Kier molecular flexibility index (Phi) is 1.87. The standard InChI is InChI=1S/C12H13N3O/c1-12(2)7-6-8-4-3-5-9(13-8)10-14-15-11(12)16-10/h3-5H,6-7H2,1-2H3. The van der Waals surface area contributed by atoms with E-state index < -0.39 is 0 Å². The molecule has 0 aliphatic carbocycles. The molecule has 16 heavy (non-hydrogen) atoms. The molecule has 0 unspecified atom stereocenters. The minimum atomic E-state index is -0.0837. The third kappa shape index (κ3) is 1.41. The SMILES string of the molecule is CC1(C)CCc2cccc(n2)-c2nnc1o2. The smallest absolute Gasteiger partial charge is 0.266 e. The summed E-state index contributed by atoms with van der Waals surface area (Å²) in [4.78, 5) is 4.51. The molecule has 4 heteroatoms. The van der Waals surface area contributed by atoms with Crippen molar-refractivity contribution in [3.8, 4) is 11.6 Å². The Morgan fingerprint density at radius 2 is 2.12 bits per heavy atom. The number of nitrogens with zero attached hydrogens (tertiary/aromatic N) is 3. The van der Waals surface area contributed by atoms with Crippen molar-refractivity contribution in [3.05, 3.63) is 29.8 Å². The van der Waals surface area contributed by atoms with Gasteiger partial charge in [-0.2, -0.15) is 0 Å². The van der Waals surface area contributed by atoms with Crippen molar-refractivity contribution >= 4 is 0 Å². The molecule has 4 bridgehead atoms. The molecule has 0 N–H and O–H groups in total. The molecule has 3 heterocycles. The van der Waals surface area contributed by atoms with E-state index in [-0.39, 0.29) is 5.41 Å². The molecular weight excluding hydrogens is 202 g/mol. The van der Waals surface area contributed by atoms with Crippen LogP contribution in [0.1, 0.15) is 31.9 Å². The Labute approximate surface area is 93.7 Å². The van der Waals surface area contributed by atoms with E-state index in [1.54, 1.807) is 0 Å². The first-order valence-electron chi connectivity index (χ1n) is 5.45. The topological polar surface area (TPSA) is 51.8 Å². The zero-order valence-corrected chi connectivity index (χ0v) is 9.40. The van der Waals surface area contributed by atoms with Gasteiger partial charge in [-0.3, -0.25) is 0 Å². The number of rotatable bonds is 0. The van der Waals surface area contributed by atoms with Crippen LogP contribution in [0.3, 0.4) is 0 Å². The molecule has 0 fully saturated rings. The van der Waals surface area contributed by atoms with Gasteiger partial charge >= 0.3 is 0 Å². The number of aromatic nitrogens is 3. The first-order valence-corrected chi connectivity index (χ1v) is 5.45. The van der Waals surface area contributed by atoms with Gasteiger partial charge in [0.15, 0.2) is 0 Å². The van der Waals surface area contributed by atoms with Gasteiger partial charge in [0.25, 0.3) is 5.89 Å². The van der Waals surface area contributed by atoms with E-state index in [4.69, 9.17) is 4.42 Å². The minimum Gasteiger partial charge on any atom is -0.419 e. The summed E-state index contributed by atoms with van der Waals surface area (Å²) in [6, 6.07) is 5.93.